The summed E-state index contributed by atoms with van der Waals surface area (Å²) in [6, 6.07) is 0. The Labute approximate surface area is 82.5 Å². The second kappa shape index (κ2) is 3.82. The number of alkyl halides is 9. The number of hydrogen-bond acceptors (Lipinski definition) is 1. The monoisotopic (exact) mass is 262 g/mol. The molecular weight excluding hydrogens is 259 g/mol. The van der Waals surface area contributed by atoms with Crippen LogP contribution in [0.3, 0.4) is 0 Å². The topological polar surface area (TPSA) is 9.23 Å². The fourth-order valence-electron chi connectivity index (χ4n) is 0.532. The molecule has 0 aromatic rings. The molecule has 0 atom stereocenters. The van der Waals surface area contributed by atoms with Crippen LogP contribution in [-0.2, 0) is 4.74 Å². The zero-order chi connectivity index (χ0) is 13.4. The van der Waals surface area contributed by atoms with Gasteiger partial charge in [-0.1, -0.05) is 6.58 Å². The molecule has 0 fully saturated rings. The van der Waals surface area contributed by atoms with Gasteiger partial charge in [-0.2, -0.15) is 26.3 Å². The molecule has 0 aliphatic rings. The molecule has 0 bridgehead atoms. The Morgan fingerprint density at radius 3 is 1.44 bits per heavy atom. The predicted octanol–water partition coefficient (Wildman–Crippen LogP) is 3.57. The van der Waals surface area contributed by atoms with Crippen LogP contribution >= 0.6 is 0 Å². The minimum atomic E-state index is -6.41. The molecule has 0 spiro atoms. The van der Waals surface area contributed by atoms with Gasteiger partial charge in [0.05, 0.1) is 0 Å². The Morgan fingerprint density at radius 1 is 0.812 bits per heavy atom. The fourth-order valence-corrected chi connectivity index (χ4v) is 0.532. The predicted molar refractivity (Wildman–Crippen MR) is 32.2 cm³/mol. The lowest BCUT2D eigenvalue weighted by atomic mass is 10.1. The van der Waals surface area contributed by atoms with Gasteiger partial charge < -0.3 is 0 Å². The Balaban J connectivity index is 5.21. The van der Waals surface area contributed by atoms with Crippen molar-refractivity contribution in [1.82, 2.24) is 0 Å². The van der Waals surface area contributed by atoms with Crippen molar-refractivity contribution in [2.24, 2.45) is 0 Å². The van der Waals surface area contributed by atoms with Crippen molar-refractivity contribution in [2.75, 3.05) is 0 Å². The van der Waals surface area contributed by atoms with E-state index in [2.05, 4.69) is 6.58 Å². The normalized spacial score (nSPS) is 15.1. The Kier molecular flexibility index (Phi) is 3.60. The lowest BCUT2D eigenvalue weighted by molar-refractivity contribution is -0.481. The Bertz CT molecular complexity index is 266. The van der Waals surface area contributed by atoms with Crippen LogP contribution in [0.15, 0.2) is 12.7 Å². The smallest absolute Gasteiger partial charge is 0.221 e. The van der Waals surface area contributed by atoms with Gasteiger partial charge in [0.15, 0.2) is 0 Å². The zero-order valence-electron chi connectivity index (χ0n) is 7.09. The van der Waals surface area contributed by atoms with E-state index < -0.39 is 30.4 Å². The number of rotatable bonds is 4. The molecule has 0 saturated heterocycles. The van der Waals surface area contributed by atoms with Crippen LogP contribution in [-0.4, -0.2) is 24.3 Å². The van der Waals surface area contributed by atoms with Crippen LogP contribution < -0.4 is 0 Å². The van der Waals surface area contributed by atoms with Crippen LogP contribution in [0.4, 0.5) is 39.5 Å². The van der Waals surface area contributed by atoms with E-state index in [4.69, 9.17) is 0 Å². The van der Waals surface area contributed by atoms with Gasteiger partial charge in [0.2, 0.25) is 0 Å². The molecule has 16 heavy (non-hydrogen) atoms. The van der Waals surface area contributed by atoms with Gasteiger partial charge in [-0.3, -0.25) is 0 Å². The van der Waals surface area contributed by atoms with Gasteiger partial charge >= 0.3 is 24.3 Å². The number of hydrogen-bond donors (Lipinski definition) is 0. The van der Waals surface area contributed by atoms with Gasteiger partial charge in [-0.25, -0.2) is 4.74 Å². The van der Waals surface area contributed by atoms with Crippen LogP contribution in [0.25, 0.3) is 0 Å². The maximum Gasteiger partial charge on any atom is 0.527 e. The summed E-state index contributed by atoms with van der Waals surface area (Å²) in [6.45, 7) is 2.11. The third-order valence-corrected chi connectivity index (χ3v) is 1.28. The Morgan fingerprint density at radius 2 is 1.19 bits per heavy atom. The second-order valence-electron chi connectivity index (χ2n) is 2.47. The lowest BCUT2D eigenvalue weighted by Crippen LogP contribution is -2.56. The van der Waals surface area contributed by atoms with E-state index in [0.717, 1.165) is 0 Å². The third kappa shape index (κ3) is 2.80. The van der Waals surface area contributed by atoms with Crippen LogP contribution in [0.5, 0.6) is 0 Å². The first-order chi connectivity index (χ1) is 6.77. The lowest BCUT2D eigenvalue weighted by Gasteiger charge is -2.30. The highest BCUT2D eigenvalue weighted by molar-refractivity contribution is 5.02. The van der Waals surface area contributed by atoms with Crippen molar-refractivity contribution in [1.29, 1.82) is 0 Å². The van der Waals surface area contributed by atoms with Gasteiger partial charge in [0.1, 0.15) is 0 Å². The highest BCUT2D eigenvalue weighted by Crippen LogP contribution is 2.48. The highest BCUT2D eigenvalue weighted by atomic mass is 19.4. The molecule has 0 saturated carbocycles. The van der Waals surface area contributed by atoms with E-state index >= 15 is 0 Å². The van der Waals surface area contributed by atoms with E-state index in [1.54, 1.807) is 4.74 Å². The minimum Gasteiger partial charge on any atom is -0.221 e. The maximum absolute atomic E-state index is 12.3. The quantitative estimate of drug-likeness (QED) is 0.556. The molecule has 0 unspecified atom stereocenters. The largest absolute Gasteiger partial charge is 0.527 e. The van der Waals surface area contributed by atoms with E-state index in [0.29, 0.717) is 0 Å². The number of halogens is 9. The van der Waals surface area contributed by atoms with Crippen molar-refractivity contribution in [2.45, 2.75) is 24.3 Å². The first kappa shape index (κ1) is 15.1. The van der Waals surface area contributed by atoms with Crippen molar-refractivity contribution < 1.29 is 44.3 Å². The maximum atomic E-state index is 12.3. The zero-order valence-corrected chi connectivity index (χ0v) is 7.09. The summed E-state index contributed by atoms with van der Waals surface area (Å²) in [6.07, 6.45) is -13.5. The standard InChI is InChI=1S/C6H3F9O/c1-2-3(7,8)4(9,10)5(11,12)16-6(13,14)15/h2H,1H2. The number of allylic oxidation sites excluding steroid dienone is 1. The first-order valence-electron chi connectivity index (χ1n) is 3.31. The average molecular weight is 262 g/mol. The molecule has 0 heterocycles. The summed E-state index contributed by atoms with van der Waals surface area (Å²) in [5.74, 6) is -11.9. The molecule has 0 aromatic carbocycles. The summed E-state index contributed by atoms with van der Waals surface area (Å²) in [4.78, 5) is 0. The van der Waals surface area contributed by atoms with Gasteiger partial charge in [0.25, 0.3) is 0 Å². The minimum absolute atomic E-state index is 0.902. The summed E-state index contributed by atoms with van der Waals surface area (Å²) in [7, 11) is 0. The SMILES string of the molecule is C=CC(F)(F)C(F)(F)C(F)(F)OC(F)(F)F. The van der Waals surface area contributed by atoms with Crippen LogP contribution in [0.1, 0.15) is 0 Å². The summed E-state index contributed by atoms with van der Waals surface area (Å²) < 4.78 is 109. The molecule has 0 N–H and O–H groups in total. The van der Waals surface area contributed by atoms with Gasteiger partial charge in [-0.15, -0.1) is 13.2 Å². The summed E-state index contributed by atoms with van der Waals surface area (Å²) in [5.41, 5.74) is 0. The van der Waals surface area contributed by atoms with Gasteiger partial charge in [-0.05, 0) is 6.08 Å². The fraction of sp³-hybridized carbons (Fsp3) is 0.667. The molecule has 0 radical (unpaired) electrons. The van der Waals surface area contributed by atoms with Crippen molar-refractivity contribution >= 4 is 0 Å². The van der Waals surface area contributed by atoms with E-state index in [-0.39, 0.29) is 0 Å². The highest BCUT2D eigenvalue weighted by Gasteiger charge is 2.74. The van der Waals surface area contributed by atoms with Crippen molar-refractivity contribution in [3.63, 3.8) is 0 Å². The molecule has 0 rings (SSSR count). The molecule has 96 valence electrons. The molecule has 1 nitrogen and oxygen atoms in total. The molecule has 10 heteroatoms. The molecular formula is C6H3F9O. The Hall–Kier alpha value is -0.930. The first-order valence-corrected chi connectivity index (χ1v) is 3.31. The van der Waals surface area contributed by atoms with E-state index in [1.807, 2.05) is 0 Å². The van der Waals surface area contributed by atoms with Crippen LogP contribution in [0.2, 0.25) is 0 Å². The van der Waals surface area contributed by atoms with Crippen LogP contribution in [0, 0.1) is 0 Å². The molecule has 0 amide bonds. The molecule has 0 aromatic heterocycles. The number of ether oxygens (including phenoxy) is 1. The van der Waals surface area contributed by atoms with E-state index in [9.17, 15) is 39.5 Å². The van der Waals surface area contributed by atoms with Gasteiger partial charge in [0, 0.05) is 0 Å². The second-order valence-corrected chi connectivity index (χ2v) is 2.47. The molecule has 0 aliphatic carbocycles. The third-order valence-electron chi connectivity index (χ3n) is 1.28. The van der Waals surface area contributed by atoms with E-state index in [1.165, 1.54) is 0 Å². The summed E-state index contributed by atoms with van der Waals surface area (Å²) >= 11 is 0. The molecule has 0 aliphatic heterocycles. The summed E-state index contributed by atoms with van der Waals surface area (Å²) in [5, 5.41) is 0. The van der Waals surface area contributed by atoms with Crippen molar-refractivity contribution in [3.8, 4) is 0 Å². The van der Waals surface area contributed by atoms with Crippen molar-refractivity contribution in [3.05, 3.63) is 12.7 Å². The average Bonchev–Trinajstić information content (AvgIpc) is 1.99.